The summed E-state index contributed by atoms with van der Waals surface area (Å²) < 4.78 is 32.3. The average molecular weight is 316 g/mol. The second kappa shape index (κ2) is 6.27. The molecule has 0 aromatic carbocycles. The molecule has 0 bridgehead atoms. The van der Waals surface area contributed by atoms with Crippen molar-refractivity contribution in [3.63, 3.8) is 0 Å². The first-order chi connectivity index (χ1) is 8.47. The van der Waals surface area contributed by atoms with Crippen LogP contribution >= 0.6 is 23.2 Å². The van der Waals surface area contributed by atoms with Crippen LogP contribution in [0.2, 0.25) is 0 Å². The van der Waals surface area contributed by atoms with Gasteiger partial charge in [-0.25, -0.2) is 13.1 Å². The van der Waals surface area contributed by atoms with Crippen LogP contribution in [0.5, 0.6) is 0 Å². The van der Waals surface area contributed by atoms with E-state index in [0.717, 1.165) is 19.4 Å². The third kappa shape index (κ3) is 3.97. The quantitative estimate of drug-likeness (QED) is 0.806. The molecule has 3 atom stereocenters. The van der Waals surface area contributed by atoms with E-state index in [1.807, 2.05) is 0 Å². The summed E-state index contributed by atoms with van der Waals surface area (Å²) in [4.78, 5) is 0. The van der Waals surface area contributed by atoms with Crippen molar-refractivity contribution in [1.29, 1.82) is 0 Å². The SMILES string of the molecule is O=S(=O)(NCC1CCCO1)C1CC(Cl)CC(Cl)C1. The third-order valence-corrected chi connectivity index (χ3v) is 6.07. The summed E-state index contributed by atoms with van der Waals surface area (Å²) >= 11 is 12.1. The van der Waals surface area contributed by atoms with Gasteiger partial charge in [-0.1, -0.05) is 0 Å². The van der Waals surface area contributed by atoms with Crippen molar-refractivity contribution < 1.29 is 13.2 Å². The molecule has 0 aromatic rings. The van der Waals surface area contributed by atoms with Crippen LogP contribution in [0.25, 0.3) is 0 Å². The van der Waals surface area contributed by atoms with E-state index in [9.17, 15) is 8.42 Å². The molecule has 1 aliphatic carbocycles. The summed E-state index contributed by atoms with van der Waals surface area (Å²) in [6.45, 7) is 1.09. The van der Waals surface area contributed by atoms with E-state index in [1.54, 1.807) is 0 Å². The molecular weight excluding hydrogens is 297 g/mol. The number of sulfonamides is 1. The van der Waals surface area contributed by atoms with Crippen LogP contribution in [0.3, 0.4) is 0 Å². The fraction of sp³-hybridized carbons (Fsp3) is 1.00. The molecule has 1 N–H and O–H groups in total. The van der Waals surface area contributed by atoms with Gasteiger partial charge in [0.2, 0.25) is 10.0 Å². The Labute approximate surface area is 118 Å². The molecule has 1 heterocycles. The van der Waals surface area contributed by atoms with E-state index in [2.05, 4.69) is 4.72 Å². The predicted octanol–water partition coefficient (Wildman–Crippen LogP) is 1.85. The Morgan fingerprint density at radius 2 is 1.83 bits per heavy atom. The number of hydrogen-bond acceptors (Lipinski definition) is 3. The van der Waals surface area contributed by atoms with Crippen LogP contribution in [-0.4, -0.2) is 43.7 Å². The predicted molar refractivity (Wildman–Crippen MR) is 72.8 cm³/mol. The van der Waals surface area contributed by atoms with E-state index in [4.69, 9.17) is 27.9 Å². The molecule has 106 valence electrons. The fourth-order valence-corrected chi connectivity index (χ4v) is 5.31. The Morgan fingerprint density at radius 3 is 2.39 bits per heavy atom. The van der Waals surface area contributed by atoms with Gasteiger partial charge in [-0.15, -0.1) is 23.2 Å². The number of alkyl halides is 2. The van der Waals surface area contributed by atoms with Crippen molar-refractivity contribution in [3.8, 4) is 0 Å². The fourth-order valence-electron chi connectivity index (χ4n) is 2.52. The van der Waals surface area contributed by atoms with Gasteiger partial charge in [-0.05, 0) is 32.1 Å². The van der Waals surface area contributed by atoms with Crippen LogP contribution < -0.4 is 4.72 Å². The summed E-state index contributed by atoms with van der Waals surface area (Å²) in [5.41, 5.74) is 0. The lowest BCUT2D eigenvalue weighted by atomic mass is 9.99. The van der Waals surface area contributed by atoms with Crippen molar-refractivity contribution in [2.24, 2.45) is 0 Å². The van der Waals surface area contributed by atoms with E-state index < -0.39 is 15.3 Å². The maximum Gasteiger partial charge on any atom is 0.214 e. The molecule has 0 aromatic heterocycles. The number of hydrogen-bond donors (Lipinski definition) is 1. The van der Waals surface area contributed by atoms with E-state index in [-0.39, 0.29) is 16.9 Å². The van der Waals surface area contributed by atoms with Crippen molar-refractivity contribution in [1.82, 2.24) is 4.72 Å². The third-order valence-electron chi connectivity index (χ3n) is 3.52. The first-order valence-corrected chi connectivity index (χ1v) is 8.77. The van der Waals surface area contributed by atoms with Gasteiger partial charge in [0.25, 0.3) is 0 Å². The summed E-state index contributed by atoms with van der Waals surface area (Å²) in [7, 11) is -3.34. The molecule has 3 unspecified atom stereocenters. The molecule has 0 spiro atoms. The molecule has 2 fully saturated rings. The van der Waals surface area contributed by atoms with Crippen LogP contribution in [-0.2, 0) is 14.8 Å². The van der Waals surface area contributed by atoms with Gasteiger partial charge in [-0.2, -0.15) is 0 Å². The van der Waals surface area contributed by atoms with Crippen molar-refractivity contribution >= 4 is 33.2 Å². The molecule has 0 radical (unpaired) electrons. The minimum absolute atomic E-state index is 0.0157. The molecule has 18 heavy (non-hydrogen) atoms. The zero-order valence-corrected chi connectivity index (χ0v) is 12.5. The molecule has 1 aliphatic heterocycles. The molecule has 0 amide bonds. The van der Waals surface area contributed by atoms with Crippen LogP contribution in [0, 0.1) is 0 Å². The minimum Gasteiger partial charge on any atom is -0.377 e. The average Bonchev–Trinajstić information content (AvgIpc) is 2.78. The molecule has 2 aliphatic rings. The monoisotopic (exact) mass is 315 g/mol. The van der Waals surface area contributed by atoms with Gasteiger partial charge in [0.1, 0.15) is 0 Å². The van der Waals surface area contributed by atoms with E-state index in [1.165, 1.54) is 0 Å². The van der Waals surface area contributed by atoms with Crippen molar-refractivity contribution in [2.45, 2.75) is 54.2 Å². The smallest absolute Gasteiger partial charge is 0.214 e. The molecule has 7 heteroatoms. The Hall–Kier alpha value is 0.450. The van der Waals surface area contributed by atoms with Gasteiger partial charge >= 0.3 is 0 Å². The van der Waals surface area contributed by atoms with Crippen molar-refractivity contribution in [3.05, 3.63) is 0 Å². The maximum absolute atomic E-state index is 12.1. The van der Waals surface area contributed by atoms with Gasteiger partial charge in [0.15, 0.2) is 0 Å². The van der Waals surface area contributed by atoms with Gasteiger partial charge in [0.05, 0.1) is 11.4 Å². The minimum atomic E-state index is -3.34. The maximum atomic E-state index is 12.1. The number of ether oxygens (including phenoxy) is 1. The van der Waals surface area contributed by atoms with Crippen LogP contribution in [0.15, 0.2) is 0 Å². The van der Waals surface area contributed by atoms with Gasteiger partial charge < -0.3 is 4.74 Å². The number of rotatable bonds is 4. The highest BCUT2D eigenvalue weighted by atomic mass is 35.5. The largest absolute Gasteiger partial charge is 0.377 e. The summed E-state index contributed by atoms with van der Waals surface area (Å²) in [6.07, 6.45) is 3.58. The van der Waals surface area contributed by atoms with Gasteiger partial charge in [0, 0.05) is 23.9 Å². The summed E-state index contributed by atoms with van der Waals surface area (Å²) in [6, 6.07) is 0. The Balaban J connectivity index is 1.88. The highest BCUT2D eigenvalue weighted by Crippen LogP contribution is 2.30. The lowest BCUT2D eigenvalue weighted by Crippen LogP contribution is -2.42. The van der Waals surface area contributed by atoms with E-state index >= 15 is 0 Å². The lowest BCUT2D eigenvalue weighted by molar-refractivity contribution is 0.114. The summed E-state index contributed by atoms with van der Waals surface area (Å²) in [5.74, 6) is 0. The normalized spacial score (nSPS) is 37.9. The molecule has 4 nitrogen and oxygen atoms in total. The van der Waals surface area contributed by atoms with Crippen LogP contribution in [0.4, 0.5) is 0 Å². The van der Waals surface area contributed by atoms with E-state index in [0.29, 0.717) is 25.8 Å². The molecule has 1 saturated carbocycles. The number of nitrogens with one attached hydrogen (secondary N) is 1. The lowest BCUT2D eigenvalue weighted by Gasteiger charge is -2.29. The highest BCUT2D eigenvalue weighted by Gasteiger charge is 2.35. The van der Waals surface area contributed by atoms with Crippen LogP contribution in [0.1, 0.15) is 32.1 Å². The molecular formula is C11H19Cl2NO3S. The first-order valence-electron chi connectivity index (χ1n) is 6.35. The van der Waals surface area contributed by atoms with Crippen molar-refractivity contribution in [2.75, 3.05) is 13.2 Å². The second-order valence-electron chi connectivity index (χ2n) is 5.05. The van der Waals surface area contributed by atoms with Gasteiger partial charge in [-0.3, -0.25) is 0 Å². The summed E-state index contributed by atoms with van der Waals surface area (Å²) in [5, 5.41) is -0.770. The Morgan fingerprint density at radius 1 is 1.17 bits per heavy atom. The zero-order valence-electron chi connectivity index (χ0n) is 10.1. The Bertz CT molecular complexity index is 360. The topological polar surface area (TPSA) is 55.4 Å². The molecule has 1 saturated heterocycles. The molecule has 2 rings (SSSR count). The standard InChI is InChI=1S/C11H19Cl2NO3S/c12-8-4-9(13)6-11(5-8)18(15,16)14-7-10-2-1-3-17-10/h8-11,14H,1-7H2. The number of halogens is 2. The second-order valence-corrected chi connectivity index (χ2v) is 8.33. The first kappa shape index (κ1) is 14.9. The zero-order chi connectivity index (χ0) is 13.2. The highest BCUT2D eigenvalue weighted by molar-refractivity contribution is 7.90. The Kier molecular flexibility index (Phi) is 5.17.